The third kappa shape index (κ3) is 7.31. The van der Waals surface area contributed by atoms with Crippen LogP contribution in [0.15, 0.2) is 30.3 Å². The summed E-state index contributed by atoms with van der Waals surface area (Å²) >= 11 is 0. The number of benzene rings is 1. The van der Waals surface area contributed by atoms with Gasteiger partial charge in [0.05, 0.1) is 0 Å². The summed E-state index contributed by atoms with van der Waals surface area (Å²) in [6.07, 6.45) is 10.9. The van der Waals surface area contributed by atoms with Crippen molar-refractivity contribution in [3.63, 3.8) is 0 Å². The molecule has 1 aliphatic carbocycles. The van der Waals surface area contributed by atoms with Gasteiger partial charge in [0.15, 0.2) is 0 Å². The number of para-hydroxylation sites is 1. The minimum atomic E-state index is 0.535. The zero-order valence-corrected chi connectivity index (χ0v) is 20.3. The molecular formula is C27H48N2. The van der Waals surface area contributed by atoms with Gasteiger partial charge >= 0.3 is 0 Å². The van der Waals surface area contributed by atoms with Crippen LogP contribution >= 0.6 is 0 Å². The Balaban J connectivity index is 0.00000145. The predicted octanol–water partition coefficient (Wildman–Crippen LogP) is 7.29. The molecule has 1 saturated carbocycles. The lowest BCUT2D eigenvalue weighted by Gasteiger charge is -2.34. The van der Waals surface area contributed by atoms with E-state index in [1.807, 2.05) is 13.8 Å². The van der Waals surface area contributed by atoms with E-state index in [2.05, 4.69) is 68.2 Å². The zero-order valence-electron chi connectivity index (χ0n) is 20.3. The van der Waals surface area contributed by atoms with Gasteiger partial charge in [-0.15, -0.1) is 0 Å². The van der Waals surface area contributed by atoms with Crippen LogP contribution in [0.25, 0.3) is 0 Å². The standard InChI is InChI=1S/C25H42N2.C2H6/c1-5-24(3,4)14-9-10-21(2)13-17-26-23-20-25(23)15-18-27(19-16-25)22-11-7-6-8-12-22;1-2/h6-8,11-12,21,23,26H,5,9-10,13-20H2,1-4H3;1-2H3. The third-order valence-corrected chi connectivity index (χ3v) is 7.61. The highest BCUT2D eigenvalue weighted by Gasteiger charge is 2.54. The maximum atomic E-state index is 3.90. The molecule has 2 atom stereocenters. The minimum Gasteiger partial charge on any atom is -0.371 e. The number of nitrogens with zero attached hydrogens (tertiary/aromatic N) is 1. The first-order chi connectivity index (χ1) is 13.9. The molecule has 1 heterocycles. The molecule has 2 fully saturated rings. The fourth-order valence-corrected chi connectivity index (χ4v) is 4.79. The quantitative estimate of drug-likeness (QED) is 0.443. The van der Waals surface area contributed by atoms with Crippen molar-refractivity contribution in [1.29, 1.82) is 0 Å². The van der Waals surface area contributed by atoms with Crippen molar-refractivity contribution in [2.24, 2.45) is 16.7 Å². The first-order valence-corrected chi connectivity index (χ1v) is 12.5. The Labute approximate surface area is 181 Å². The molecule has 0 radical (unpaired) electrons. The van der Waals surface area contributed by atoms with Crippen molar-refractivity contribution in [3.05, 3.63) is 30.3 Å². The topological polar surface area (TPSA) is 15.3 Å². The van der Waals surface area contributed by atoms with Crippen molar-refractivity contribution < 1.29 is 0 Å². The van der Waals surface area contributed by atoms with E-state index >= 15 is 0 Å². The van der Waals surface area contributed by atoms with Crippen molar-refractivity contribution in [3.8, 4) is 0 Å². The van der Waals surface area contributed by atoms with E-state index in [4.69, 9.17) is 0 Å². The number of anilines is 1. The van der Waals surface area contributed by atoms with Gasteiger partial charge in [-0.1, -0.05) is 79.0 Å². The largest absolute Gasteiger partial charge is 0.371 e. The monoisotopic (exact) mass is 400 g/mol. The Bertz CT molecular complexity index is 557. The molecule has 1 aromatic carbocycles. The maximum absolute atomic E-state index is 3.90. The van der Waals surface area contributed by atoms with E-state index in [-0.39, 0.29) is 0 Å². The van der Waals surface area contributed by atoms with Crippen molar-refractivity contribution in [2.75, 3.05) is 24.5 Å². The van der Waals surface area contributed by atoms with Crippen molar-refractivity contribution in [1.82, 2.24) is 5.32 Å². The fourth-order valence-electron chi connectivity index (χ4n) is 4.79. The van der Waals surface area contributed by atoms with E-state index < -0.39 is 0 Å². The molecule has 1 spiro atoms. The second-order valence-corrected chi connectivity index (χ2v) is 10.2. The Morgan fingerprint density at radius 2 is 1.76 bits per heavy atom. The molecule has 166 valence electrons. The SMILES string of the molecule is CC.CCC(C)(C)CCCC(C)CCNC1CC12CCN(c1ccccc1)CC2. The van der Waals surface area contributed by atoms with Gasteiger partial charge in [0.25, 0.3) is 0 Å². The Kier molecular flexibility index (Phi) is 9.53. The summed E-state index contributed by atoms with van der Waals surface area (Å²) in [5.74, 6) is 0.861. The van der Waals surface area contributed by atoms with Crippen molar-refractivity contribution >= 4 is 5.69 Å². The highest BCUT2D eigenvalue weighted by Crippen LogP contribution is 2.54. The maximum Gasteiger partial charge on any atom is 0.0366 e. The van der Waals surface area contributed by atoms with E-state index in [1.54, 1.807) is 0 Å². The first-order valence-electron chi connectivity index (χ1n) is 12.5. The van der Waals surface area contributed by atoms with Gasteiger partial charge in [-0.25, -0.2) is 0 Å². The third-order valence-electron chi connectivity index (χ3n) is 7.61. The number of nitrogens with one attached hydrogen (secondary N) is 1. The van der Waals surface area contributed by atoms with Gasteiger partial charge in [-0.05, 0) is 67.5 Å². The molecule has 2 unspecified atom stereocenters. The van der Waals surface area contributed by atoms with E-state index in [1.165, 1.54) is 76.7 Å². The number of rotatable bonds is 10. The minimum absolute atomic E-state index is 0.535. The molecule has 2 heteroatoms. The zero-order chi connectivity index (χ0) is 21.3. The summed E-state index contributed by atoms with van der Waals surface area (Å²) in [4.78, 5) is 2.57. The molecule has 1 saturated heterocycles. The summed E-state index contributed by atoms with van der Waals surface area (Å²) in [6, 6.07) is 11.7. The van der Waals surface area contributed by atoms with E-state index in [9.17, 15) is 0 Å². The van der Waals surface area contributed by atoms with E-state index in [0.717, 1.165) is 12.0 Å². The molecule has 2 aliphatic rings. The summed E-state index contributed by atoms with van der Waals surface area (Å²) in [6.45, 7) is 17.3. The summed E-state index contributed by atoms with van der Waals surface area (Å²) in [7, 11) is 0. The summed E-state index contributed by atoms with van der Waals surface area (Å²) < 4.78 is 0. The van der Waals surface area contributed by atoms with Crippen LogP contribution in [0.5, 0.6) is 0 Å². The normalized spacial score (nSPS) is 21.4. The molecule has 1 aromatic rings. The van der Waals surface area contributed by atoms with Crippen LogP contribution in [0.4, 0.5) is 5.69 Å². The molecule has 2 nitrogen and oxygen atoms in total. The summed E-state index contributed by atoms with van der Waals surface area (Å²) in [5.41, 5.74) is 2.56. The van der Waals surface area contributed by atoms with Gasteiger partial charge in [-0.3, -0.25) is 0 Å². The lowest BCUT2D eigenvalue weighted by Crippen LogP contribution is -2.37. The fraction of sp³-hybridized carbons (Fsp3) is 0.778. The second-order valence-electron chi connectivity index (χ2n) is 10.2. The lowest BCUT2D eigenvalue weighted by molar-refractivity contribution is 0.294. The summed E-state index contributed by atoms with van der Waals surface area (Å²) in [5, 5.41) is 3.90. The van der Waals surface area contributed by atoms with E-state index in [0.29, 0.717) is 10.8 Å². The second kappa shape index (κ2) is 11.4. The van der Waals surface area contributed by atoms with Gasteiger partial charge in [0.2, 0.25) is 0 Å². The van der Waals surface area contributed by atoms with Crippen LogP contribution in [0, 0.1) is 16.7 Å². The Morgan fingerprint density at radius 3 is 2.38 bits per heavy atom. The van der Waals surface area contributed by atoms with Gasteiger partial charge in [0.1, 0.15) is 0 Å². The lowest BCUT2D eigenvalue weighted by atomic mass is 9.83. The molecule has 0 amide bonds. The average molecular weight is 401 g/mol. The van der Waals surface area contributed by atoms with Crippen LogP contribution in [0.1, 0.15) is 92.9 Å². The molecule has 3 rings (SSSR count). The van der Waals surface area contributed by atoms with Crippen LogP contribution in [-0.2, 0) is 0 Å². The van der Waals surface area contributed by atoms with Gasteiger partial charge in [0, 0.05) is 24.8 Å². The van der Waals surface area contributed by atoms with Crippen LogP contribution in [0.2, 0.25) is 0 Å². The van der Waals surface area contributed by atoms with Crippen LogP contribution < -0.4 is 10.2 Å². The number of hydrogen-bond donors (Lipinski definition) is 1. The highest BCUT2D eigenvalue weighted by molar-refractivity contribution is 5.46. The van der Waals surface area contributed by atoms with Crippen molar-refractivity contribution in [2.45, 2.75) is 99.0 Å². The Morgan fingerprint density at radius 1 is 1.10 bits per heavy atom. The van der Waals surface area contributed by atoms with Gasteiger partial charge < -0.3 is 10.2 Å². The van der Waals surface area contributed by atoms with Gasteiger partial charge in [-0.2, -0.15) is 0 Å². The smallest absolute Gasteiger partial charge is 0.0366 e. The molecule has 0 bridgehead atoms. The molecular weight excluding hydrogens is 352 g/mol. The molecule has 29 heavy (non-hydrogen) atoms. The van der Waals surface area contributed by atoms with Crippen LogP contribution in [0.3, 0.4) is 0 Å². The molecule has 1 aliphatic heterocycles. The van der Waals surface area contributed by atoms with Crippen LogP contribution in [-0.4, -0.2) is 25.7 Å². The first kappa shape index (κ1) is 24.3. The predicted molar refractivity (Wildman–Crippen MR) is 130 cm³/mol. The number of piperidine rings is 1. The Hall–Kier alpha value is -1.02. The molecule has 1 N–H and O–H groups in total. The number of hydrogen-bond acceptors (Lipinski definition) is 2. The average Bonchev–Trinajstić information content (AvgIpc) is 3.42. The molecule has 0 aromatic heterocycles. The highest BCUT2D eigenvalue weighted by atomic mass is 15.2.